The molecule has 0 spiro atoms. The Labute approximate surface area is 110 Å². The number of rotatable bonds is 3. The van der Waals surface area contributed by atoms with Gasteiger partial charge in [0.25, 0.3) is 0 Å². The van der Waals surface area contributed by atoms with Crippen molar-refractivity contribution in [3.63, 3.8) is 0 Å². The van der Waals surface area contributed by atoms with Gasteiger partial charge in [0.1, 0.15) is 0 Å². The summed E-state index contributed by atoms with van der Waals surface area (Å²) in [6, 6.07) is 9.57. The number of fused-ring (bicyclic) bond motifs is 1. The van der Waals surface area contributed by atoms with Crippen LogP contribution in [0.2, 0.25) is 0 Å². The molecule has 3 rings (SSSR count). The molecule has 1 aromatic rings. The molecular weight excluding hydrogens is 220 g/mol. The van der Waals surface area contributed by atoms with Crippen LogP contribution in [0, 0.1) is 5.92 Å². The lowest BCUT2D eigenvalue weighted by molar-refractivity contribution is 0.330. The van der Waals surface area contributed by atoms with Crippen molar-refractivity contribution in [1.82, 2.24) is 10.6 Å². The maximum atomic E-state index is 3.82. The van der Waals surface area contributed by atoms with Crippen LogP contribution in [-0.2, 0) is 6.42 Å². The smallest absolute Gasteiger partial charge is 0.0323 e. The van der Waals surface area contributed by atoms with E-state index in [0.717, 1.165) is 5.92 Å². The minimum atomic E-state index is 0.602. The van der Waals surface area contributed by atoms with Crippen molar-refractivity contribution in [2.24, 2.45) is 5.92 Å². The lowest BCUT2D eigenvalue weighted by Gasteiger charge is -2.29. The molecule has 2 N–H and O–H groups in total. The van der Waals surface area contributed by atoms with Crippen LogP contribution < -0.4 is 10.6 Å². The Balaban J connectivity index is 1.60. The zero-order valence-electron chi connectivity index (χ0n) is 11.1. The average molecular weight is 244 g/mol. The fourth-order valence-electron chi connectivity index (χ4n) is 3.36. The van der Waals surface area contributed by atoms with Crippen LogP contribution in [0.5, 0.6) is 0 Å². The van der Waals surface area contributed by atoms with Gasteiger partial charge in [-0.3, -0.25) is 0 Å². The Bertz CT molecular complexity index is 382. The molecule has 2 nitrogen and oxygen atoms in total. The molecule has 1 saturated heterocycles. The summed E-state index contributed by atoms with van der Waals surface area (Å²) < 4.78 is 0. The van der Waals surface area contributed by atoms with E-state index < -0.39 is 0 Å². The summed E-state index contributed by atoms with van der Waals surface area (Å²) in [5, 5.41) is 7.26. The Hall–Kier alpha value is -0.860. The molecule has 0 amide bonds. The maximum Gasteiger partial charge on any atom is 0.0323 e. The summed E-state index contributed by atoms with van der Waals surface area (Å²) in [5.74, 6) is 0.875. The Morgan fingerprint density at radius 3 is 2.83 bits per heavy atom. The van der Waals surface area contributed by atoms with Gasteiger partial charge in [0, 0.05) is 6.04 Å². The van der Waals surface area contributed by atoms with Crippen molar-refractivity contribution in [2.45, 2.75) is 38.1 Å². The normalized spacial score (nSPS) is 24.8. The van der Waals surface area contributed by atoms with Gasteiger partial charge < -0.3 is 10.6 Å². The molecule has 0 bridgehead atoms. The molecule has 1 atom stereocenters. The van der Waals surface area contributed by atoms with Crippen LogP contribution in [-0.4, -0.2) is 19.6 Å². The zero-order chi connectivity index (χ0) is 12.2. The maximum absolute atomic E-state index is 3.82. The fraction of sp³-hybridized carbons (Fsp3) is 0.625. The molecule has 2 heteroatoms. The van der Waals surface area contributed by atoms with Crippen LogP contribution in [0.15, 0.2) is 24.3 Å². The number of hydrogen-bond acceptors (Lipinski definition) is 2. The third-order valence-electron chi connectivity index (χ3n) is 4.48. The summed E-state index contributed by atoms with van der Waals surface area (Å²) in [4.78, 5) is 0. The summed E-state index contributed by atoms with van der Waals surface area (Å²) in [5.41, 5.74) is 3.12. The summed E-state index contributed by atoms with van der Waals surface area (Å²) in [7, 11) is 0. The highest BCUT2D eigenvalue weighted by molar-refractivity contribution is 5.32. The van der Waals surface area contributed by atoms with Gasteiger partial charge >= 0.3 is 0 Å². The molecule has 1 fully saturated rings. The second-order valence-corrected chi connectivity index (χ2v) is 5.75. The van der Waals surface area contributed by atoms with E-state index in [1.54, 1.807) is 11.1 Å². The highest BCUT2D eigenvalue weighted by atomic mass is 14.9. The summed E-state index contributed by atoms with van der Waals surface area (Å²) in [6.45, 7) is 3.60. The van der Waals surface area contributed by atoms with E-state index >= 15 is 0 Å². The molecule has 98 valence electrons. The first-order valence-electron chi connectivity index (χ1n) is 7.45. The van der Waals surface area contributed by atoms with E-state index in [4.69, 9.17) is 0 Å². The molecule has 2 aliphatic rings. The van der Waals surface area contributed by atoms with Gasteiger partial charge in [-0.2, -0.15) is 0 Å². The van der Waals surface area contributed by atoms with Crippen molar-refractivity contribution in [1.29, 1.82) is 0 Å². The molecule has 18 heavy (non-hydrogen) atoms. The van der Waals surface area contributed by atoms with Crippen molar-refractivity contribution in [3.8, 4) is 0 Å². The first-order valence-corrected chi connectivity index (χ1v) is 7.45. The molecule has 1 unspecified atom stereocenters. The predicted octanol–water partition coefficient (Wildman–Crippen LogP) is 2.65. The third-order valence-corrected chi connectivity index (χ3v) is 4.48. The molecule has 0 aromatic heterocycles. The molecule has 0 radical (unpaired) electrons. The lowest BCUT2D eigenvalue weighted by atomic mass is 9.87. The molecular formula is C16H24N2. The molecule has 1 heterocycles. The van der Waals surface area contributed by atoms with E-state index in [1.807, 2.05) is 0 Å². The number of hydrogen-bond donors (Lipinski definition) is 2. The van der Waals surface area contributed by atoms with Crippen molar-refractivity contribution in [3.05, 3.63) is 35.4 Å². The Kier molecular flexibility index (Phi) is 3.96. The predicted molar refractivity (Wildman–Crippen MR) is 75.7 cm³/mol. The van der Waals surface area contributed by atoms with Gasteiger partial charge in [-0.1, -0.05) is 24.3 Å². The van der Waals surface area contributed by atoms with E-state index in [-0.39, 0.29) is 0 Å². The van der Waals surface area contributed by atoms with Crippen molar-refractivity contribution in [2.75, 3.05) is 19.6 Å². The standard InChI is InChI=1S/C16H24N2/c1-2-6-15-14(4-1)5-3-7-16(15)18-12-13-8-10-17-11-9-13/h1-2,4,6,13,16-18H,3,5,7-12H2. The highest BCUT2D eigenvalue weighted by Gasteiger charge is 2.21. The SMILES string of the molecule is c1ccc2c(c1)CCCC2NCC1CCNCC1. The number of piperidine rings is 1. The molecule has 1 aliphatic heterocycles. The third kappa shape index (κ3) is 2.76. The Morgan fingerprint density at radius 1 is 1.11 bits per heavy atom. The van der Waals surface area contributed by atoms with Crippen LogP contribution in [0.3, 0.4) is 0 Å². The Morgan fingerprint density at radius 2 is 1.94 bits per heavy atom. The van der Waals surface area contributed by atoms with Crippen molar-refractivity contribution >= 4 is 0 Å². The van der Waals surface area contributed by atoms with E-state index in [0.29, 0.717) is 6.04 Å². The topological polar surface area (TPSA) is 24.1 Å². The van der Waals surface area contributed by atoms with Gasteiger partial charge in [-0.05, 0) is 68.8 Å². The number of nitrogens with one attached hydrogen (secondary N) is 2. The molecule has 0 saturated carbocycles. The molecule has 1 aromatic carbocycles. The summed E-state index contributed by atoms with van der Waals surface area (Å²) in [6.07, 6.45) is 6.58. The van der Waals surface area contributed by atoms with Gasteiger partial charge in [-0.15, -0.1) is 0 Å². The van der Waals surface area contributed by atoms with E-state index in [1.165, 1.54) is 51.7 Å². The van der Waals surface area contributed by atoms with Gasteiger partial charge in [0.05, 0.1) is 0 Å². The van der Waals surface area contributed by atoms with Gasteiger partial charge in [0.15, 0.2) is 0 Å². The van der Waals surface area contributed by atoms with Crippen LogP contribution >= 0.6 is 0 Å². The van der Waals surface area contributed by atoms with Crippen LogP contribution in [0.25, 0.3) is 0 Å². The summed E-state index contributed by atoms with van der Waals surface area (Å²) >= 11 is 0. The van der Waals surface area contributed by atoms with E-state index in [9.17, 15) is 0 Å². The monoisotopic (exact) mass is 244 g/mol. The minimum absolute atomic E-state index is 0.602. The van der Waals surface area contributed by atoms with Gasteiger partial charge in [0.2, 0.25) is 0 Å². The number of aryl methyl sites for hydroxylation is 1. The first kappa shape index (κ1) is 12.2. The quantitative estimate of drug-likeness (QED) is 0.854. The average Bonchev–Trinajstić information content (AvgIpc) is 2.46. The number of benzene rings is 1. The van der Waals surface area contributed by atoms with Crippen LogP contribution in [0.4, 0.5) is 0 Å². The minimum Gasteiger partial charge on any atom is -0.317 e. The van der Waals surface area contributed by atoms with Crippen molar-refractivity contribution < 1.29 is 0 Å². The second-order valence-electron chi connectivity index (χ2n) is 5.75. The lowest BCUT2D eigenvalue weighted by Crippen LogP contribution is -2.35. The first-order chi connectivity index (χ1) is 8.93. The zero-order valence-corrected chi connectivity index (χ0v) is 11.1. The molecule has 1 aliphatic carbocycles. The fourth-order valence-corrected chi connectivity index (χ4v) is 3.36. The largest absolute Gasteiger partial charge is 0.317 e. The highest BCUT2D eigenvalue weighted by Crippen LogP contribution is 2.29. The van der Waals surface area contributed by atoms with E-state index in [2.05, 4.69) is 34.9 Å². The second kappa shape index (κ2) is 5.85. The van der Waals surface area contributed by atoms with Gasteiger partial charge in [-0.25, -0.2) is 0 Å². The van der Waals surface area contributed by atoms with Crippen LogP contribution in [0.1, 0.15) is 42.9 Å².